The predicted molar refractivity (Wildman–Crippen MR) is 95.5 cm³/mol. The van der Waals surface area contributed by atoms with E-state index in [1.807, 2.05) is 37.3 Å². The van der Waals surface area contributed by atoms with Crippen molar-refractivity contribution in [2.45, 2.75) is 44.2 Å². The molecule has 0 saturated heterocycles. The number of nitrogens with one attached hydrogen (secondary N) is 1. The van der Waals surface area contributed by atoms with Crippen molar-refractivity contribution >= 4 is 5.91 Å². The number of amides is 1. The maximum absolute atomic E-state index is 13.0. The average Bonchev–Trinajstić information content (AvgIpc) is 3.41. The number of halogens is 1. The summed E-state index contributed by atoms with van der Waals surface area (Å²) in [5, 5.41) is 13.3. The number of benzene rings is 2. The molecule has 25 heavy (non-hydrogen) atoms. The van der Waals surface area contributed by atoms with Gasteiger partial charge in [-0.2, -0.15) is 0 Å². The second kappa shape index (κ2) is 7.79. The van der Waals surface area contributed by atoms with Crippen molar-refractivity contribution in [3.05, 3.63) is 71.5 Å². The molecule has 132 valence electrons. The third-order valence-corrected chi connectivity index (χ3v) is 4.75. The highest BCUT2D eigenvalue weighted by Crippen LogP contribution is 2.42. The number of rotatable bonds is 7. The zero-order chi connectivity index (χ0) is 17.8. The van der Waals surface area contributed by atoms with Gasteiger partial charge in [0.2, 0.25) is 5.91 Å². The smallest absolute Gasteiger partial charge is 0.228 e. The van der Waals surface area contributed by atoms with Crippen molar-refractivity contribution in [3.63, 3.8) is 0 Å². The first-order chi connectivity index (χ1) is 12.0. The second-order valence-electron chi connectivity index (χ2n) is 6.94. The fourth-order valence-electron chi connectivity index (χ4n) is 3.28. The van der Waals surface area contributed by atoms with E-state index in [1.165, 1.54) is 12.1 Å². The summed E-state index contributed by atoms with van der Waals surface area (Å²) in [6, 6.07) is 15.5. The molecule has 1 saturated carbocycles. The lowest BCUT2D eigenvalue weighted by Gasteiger charge is -2.22. The molecule has 3 unspecified atom stereocenters. The zero-order valence-electron chi connectivity index (χ0n) is 14.4. The number of carbonyl (C=O) groups is 1. The molecular formula is C21H24FNO2. The molecule has 1 fully saturated rings. The fraction of sp³-hybridized carbons (Fsp3) is 0.381. The van der Waals surface area contributed by atoms with E-state index in [9.17, 15) is 14.3 Å². The summed E-state index contributed by atoms with van der Waals surface area (Å²) in [7, 11) is 0. The Bertz CT molecular complexity index is 698. The van der Waals surface area contributed by atoms with Crippen molar-refractivity contribution in [2.24, 2.45) is 5.92 Å². The molecule has 1 aliphatic rings. The molecule has 0 spiro atoms. The quantitative estimate of drug-likeness (QED) is 0.801. The molecule has 1 aliphatic carbocycles. The monoisotopic (exact) mass is 341 g/mol. The standard InChI is InChI=1S/C21H24FNO2/c1-14(13-19(24)15-9-11-18(22)12-10-15)23-21(25)20(17-7-8-17)16-5-3-2-4-6-16/h2-6,9-12,14,17,19-20,24H,7-8,13H2,1H3,(H,23,25). The summed E-state index contributed by atoms with van der Waals surface area (Å²) in [5.74, 6) is -0.0109. The zero-order valence-corrected chi connectivity index (χ0v) is 14.4. The maximum atomic E-state index is 13.0. The summed E-state index contributed by atoms with van der Waals surface area (Å²) in [5.41, 5.74) is 1.71. The van der Waals surface area contributed by atoms with Gasteiger partial charge in [0, 0.05) is 6.04 Å². The van der Waals surface area contributed by atoms with Crippen molar-refractivity contribution in [2.75, 3.05) is 0 Å². The minimum atomic E-state index is -0.730. The highest BCUT2D eigenvalue weighted by atomic mass is 19.1. The number of aliphatic hydroxyl groups excluding tert-OH is 1. The third-order valence-electron chi connectivity index (χ3n) is 4.75. The van der Waals surface area contributed by atoms with Gasteiger partial charge in [-0.25, -0.2) is 4.39 Å². The first-order valence-electron chi connectivity index (χ1n) is 8.83. The van der Waals surface area contributed by atoms with Crippen LogP contribution in [0.1, 0.15) is 49.3 Å². The van der Waals surface area contributed by atoms with Gasteiger partial charge in [0.05, 0.1) is 12.0 Å². The van der Waals surface area contributed by atoms with Crippen LogP contribution in [0.5, 0.6) is 0 Å². The maximum Gasteiger partial charge on any atom is 0.228 e. The van der Waals surface area contributed by atoms with Gasteiger partial charge in [0.1, 0.15) is 5.82 Å². The highest BCUT2D eigenvalue weighted by Gasteiger charge is 2.37. The number of hydrogen-bond acceptors (Lipinski definition) is 2. The van der Waals surface area contributed by atoms with Crippen molar-refractivity contribution in [3.8, 4) is 0 Å². The lowest BCUT2D eigenvalue weighted by molar-refractivity contribution is -0.123. The predicted octanol–water partition coefficient (Wildman–Crippen LogP) is 3.95. The Morgan fingerprint density at radius 1 is 1.12 bits per heavy atom. The Morgan fingerprint density at radius 3 is 2.36 bits per heavy atom. The summed E-state index contributed by atoms with van der Waals surface area (Å²) in [4.78, 5) is 12.8. The van der Waals surface area contributed by atoms with Crippen LogP contribution >= 0.6 is 0 Å². The summed E-state index contributed by atoms with van der Waals surface area (Å²) < 4.78 is 13.0. The van der Waals surface area contributed by atoms with Gasteiger partial charge < -0.3 is 10.4 Å². The van der Waals surface area contributed by atoms with Gasteiger partial charge in [0.15, 0.2) is 0 Å². The van der Waals surface area contributed by atoms with Gasteiger partial charge in [-0.1, -0.05) is 42.5 Å². The van der Waals surface area contributed by atoms with E-state index in [1.54, 1.807) is 12.1 Å². The van der Waals surface area contributed by atoms with Crippen LogP contribution in [-0.2, 0) is 4.79 Å². The molecule has 4 heteroatoms. The topological polar surface area (TPSA) is 49.3 Å². The molecule has 0 aliphatic heterocycles. The Labute approximate surface area is 147 Å². The Kier molecular flexibility index (Phi) is 5.49. The molecule has 0 aromatic heterocycles. The van der Waals surface area contributed by atoms with Gasteiger partial charge in [-0.15, -0.1) is 0 Å². The van der Waals surface area contributed by atoms with E-state index in [-0.39, 0.29) is 23.7 Å². The minimum absolute atomic E-state index is 0.0208. The van der Waals surface area contributed by atoms with E-state index in [0.29, 0.717) is 17.9 Å². The van der Waals surface area contributed by atoms with Gasteiger partial charge >= 0.3 is 0 Å². The van der Waals surface area contributed by atoms with Crippen LogP contribution in [0.4, 0.5) is 4.39 Å². The van der Waals surface area contributed by atoms with E-state index >= 15 is 0 Å². The van der Waals surface area contributed by atoms with E-state index in [2.05, 4.69) is 5.32 Å². The number of hydrogen-bond donors (Lipinski definition) is 2. The van der Waals surface area contributed by atoms with Crippen LogP contribution in [0.2, 0.25) is 0 Å². The molecule has 2 aromatic carbocycles. The number of carbonyl (C=O) groups excluding carboxylic acids is 1. The molecule has 3 nitrogen and oxygen atoms in total. The van der Waals surface area contributed by atoms with E-state index in [4.69, 9.17) is 0 Å². The Hall–Kier alpha value is -2.20. The summed E-state index contributed by atoms with van der Waals surface area (Å²) >= 11 is 0. The SMILES string of the molecule is CC(CC(O)c1ccc(F)cc1)NC(=O)C(c1ccccc1)C1CC1. The molecule has 3 rings (SSSR count). The van der Waals surface area contributed by atoms with Crippen LogP contribution in [0.3, 0.4) is 0 Å². The minimum Gasteiger partial charge on any atom is -0.388 e. The molecule has 2 N–H and O–H groups in total. The molecule has 0 heterocycles. The van der Waals surface area contributed by atoms with E-state index in [0.717, 1.165) is 18.4 Å². The normalized spacial score (nSPS) is 17.6. The first-order valence-corrected chi connectivity index (χ1v) is 8.83. The van der Waals surface area contributed by atoms with Gasteiger partial charge in [-0.3, -0.25) is 4.79 Å². The molecule has 2 aromatic rings. The molecule has 3 atom stereocenters. The first kappa shape index (κ1) is 17.6. The van der Waals surface area contributed by atoms with Crippen molar-refractivity contribution in [1.29, 1.82) is 0 Å². The molecular weight excluding hydrogens is 317 g/mol. The van der Waals surface area contributed by atoms with E-state index < -0.39 is 6.10 Å². The second-order valence-corrected chi connectivity index (χ2v) is 6.94. The molecule has 0 radical (unpaired) electrons. The third kappa shape index (κ3) is 4.67. The van der Waals surface area contributed by atoms with Crippen LogP contribution in [0, 0.1) is 11.7 Å². The fourth-order valence-corrected chi connectivity index (χ4v) is 3.28. The lowest BCUT2D eigenvalue weighted by atomic mass is 9.92. The van der Waals surface area contributed by atoms with Crippen molar-refractivity contribution in [1.82, 2.24) is 5.32 Å². The van der Waals surface area contributed by atoms with Crippen LogP contribution < -0.4 is 5.32 Å². The Balaban J connectivity index is 1.60. The Morgan fingerprint density at radius 2 is 1.76 bits per heavy atom. The summed E-state index contributed by atoms with van der Waals surface area (Å²) in [6.45, 7) is 1.89. The average molecular weight is 341 g/mol. The number of aliphatic hydroxyl groups is 1. The largest absolute Gasteiger partial charge is 0.388 e. The van der Waals surface area contributed by atoms with Crippen LogP contribution in [0.15, 0.2) is 54.6 Å². The highest BCUT2D eigenvalue weighted by molar-refractivity contribution is 5.84. The summed E-state index contributed by atoms with van der Waals surface area (Å²) in [6.07, 6.45) is 1.83. The van der Waals surface area contributed by atoms with Crippen LogP contribution in [-0.4, -0.2) is 17.1 Å². The van der Waals surface area contributed by atoms with Gasteiger partial charge in [0.25, 0.3) is 0 Å². The molecule has 1 amide bonds. The van der Waals surface area contributed by atoms with Gasteiger partial charge in [-0.05, 0) is 55.4 Å². The van der Waals surface area contributed by atoms with Crippen molar-refractivity contribution < 1.29 is 14.3 Å². The van der Waals surface area contributed by atoms with Crippen LogP contribution in [0.25, 0.3) is 0 Å². The molecule has 0 bridgehead atoms. The lowest BCUT2D eigenvalue weighted by Crippen LogP contribution is -2.38.